The van der Waals surface area contributed by atoms with Crippen molar-refractivity contribution in [2.24, 2.45) is 5.73 Å². The molecule has 0 saturated carbocycles. The minimum Gasteiger partial charge on any atom is -0.480 e. The van der Waals surface area contributed by atoms with Gasteiger partial charge in [-0.25, -0.2) is 4.98 Å². The number of amides is 3. The van der Waals surface area contributed by atoms with E-state index in [1.54, 1.807) is 0 Å². The molecule has 5 atom stereocenters. The SMILES string of the molecule is CC(NC(=O)C(NC(=O)C(Cc1cnc[nH]1)NC(=O)C(N)CO)C(C)O)C(=O)O. The summed E-state index contributed by atoms with van der Waals surface area (Å²) in [6.45, 7) is 1.81. The Morgan fingerprint density at radius 2 is 1.79 bits per heavy atom. The van der Waals surface area contributed by atoms with E-state index in [0.29, 0.717) is 5.69 Å². The van der Waals surface area contributed by atoms with Crippen molar-refractivity contribution in [3.05, 3.63) is 18.2 Å². The molecule has 162 valence electrons. The molecule has 29 heavy (non-hydrogen) atoms. The molecule has 1 heterocycles. The lowest BCUT2D eigenvalue weighted by Crippen LogP contribution is -2.60. The third-order valence-corrected chi connectivity index (χ3v) is 3.94. The second kappa shape index (κ2) is 11.1. The number of carboxylic acids is 1. The molecule has 13 heteroatoms. The van der Waals surface area contributed by atoms with Gasteiger partial charge in [-0.1, -0.05) is 0 Å². The Labute approximate surface area is 166 Å². The molecule has 0 radical (unpaired) electrons. The Bertz CT molecular complexity index is 709. The number of aromatic nitrogens is 2. The van der Waals surface area contributed by atoms with Gasteiger partial charge in [-0.05, 0) is 13.8 Å². The normalized spacial score (nSPS) is 16.0. The molecule has 0 aliphatic heterocycles. The smallest absolute Gasteiger partial charge is 0.325 e. The van der Waals surface area contributed by atoms with E-state index in [2.05, 4.69) is 25.9 Å². The molecule has 13 nitrogen and oxygen atoms in total. The topological polar surface area (TPSA) is 220 Å². The van der Waals surface area contributed by atoms with Crippen LogP contribution in [0.15, 0.2) is 12.5 Å². The average Bonchev–Trinajstić information content (AvgIpc) is 3.16. The average molecular weight is 414 g/mol. The number of hydrogen-bond donors (Lipinski definition) is 8. The molecule has 0 aliphatic carbocycles. The summed E-state index contributed by atoms with van der Waals surface area (Å²) in [5.74, 6) is -3.84. The lowest BCUT2D eigenvalue weighted by molar-refractivity contribution is -0.142. The third-order valence-electron chi connectivity index (χ3n) is 3.94. The van der Waals surface area contributed by atoms with Gasteiger partial charge in [0.25, 0.3) is 0 Å². The van der Waals surface area contributed by atoms with Gasteiger partial charge in [0.2, 0.25) is 17.7 Å². The number of hydrogen-bond acceptors (Lipinski definition) is 8. The Morgan fingerprint density at radius 1 is 1.14 bits per heavy atom. The molecule has 5 unspecified atom stereocenters. The number of nitrogens with two attached hydrogens (primary N) is 1. The summed E-state index contributed by atoms with van der Waals surface area (Å²) < 4.78 is 0. The largest absolute Gasteiger partial charge is 0.480 e. The summed E-state index contributed by atoms with van der Waals surface area (Å²) >= 11 is 0. The van der Waals surface area contributed by atoms with Crippen molar-refractivity contribution in [3.8, 4) is 0 Å². The highest BCUT2D eigenvalue weighted by Crippen LogP contribution is 2.02. The van der Waals surface area contributed by atoms with Crippen LogP contribution < -0.4 is 21.7 Å². The van der Waals surface area contributed by atoms with E-state index in [9.17, 15) is 24.3 Å². The number of nitrogens with zero attached hydrogens (tertiary/aromatic N) is 1. The van der Waals surface area contributed by atoms with Crippen LogP contribution in [-0.4, -0.2) is 85.9 Å². The molecule has 3 amide bonds. The molecule has 0 aliphatic rings. The lowest BCUT2D eigenvalue weighted by Gasteiger charge is -2.25. The first-order chi connectivity index (χ1) is 13.6. The van der Waals surface area contributed by atoms with Crippen LogP contribution >= 0.6 is 0 Å². The number of aliphatic hydroxyl groups is 2. The lowest BCUT2D eigenvalue weighted by atomic mass is 10.1. The second-order valence-corrected chi connectivity index (χ2v) is 6.43. The second-order valence-electron chi connectivity index (χ2n) is 6.43. The molecule has 0 spiro atoms. The summed E-state index contributed by atoms with van der Waals surface area (Å²) in [5.41, 5.74) is 5.93. The summed E-state index contributed by atoms with van der Waals surface area (Å²) in [4.78, 5) is 54.4. The van der Waals surface area contributed by atoms with Crippen LogP contribution in [0.1, 0.15) is 19.5 Å². The number of carboxylic acid groups (broad SMARTS) is 1. The van der Waals surface area contributed by atoms with Crippen LogP contribution in [0, 0.1) is 0 Å². The number of aromatic amines is 1. The number of aliphatic hydroxyl groups excluding tert-OH is 2. The van der Waals surface area contributed by atoms with Gasteiger partial charge in [0.1, 0.15) is 24.2 Å². The van der Waals surface area contributed by atoms with E-state index in [0.717, 1.165) is 0 Å². The van der Waals surface area contributed by atoms with Gasteiger partial charge in [-0.2, -0.15) is 0 Å². The number of imidazole rings is 1. The molecule has 0 bridgehead atoms. The first-order valence-corrected chi connectivity index (χ1v) is 8.72. The fourth-order valence-corrected chi connectivity index (χ4v) is 2.21. The van der Waals surface area contributed by atoms with Crippen LogP contribution in [0.3, 0.4) is 0 Å². The minimum atomic E-state index is -1.48. The van der Waals surface area contributed by atoms with E-state index in [-0.39, 0.29) is 6.42 Å². The predicted molar refractivity (Wildman–Crippen MR) is 98.1 cm³/mol. The maximum Gasteiger partial charge on any atom is 0.325 e. The summed E-state index contributed by atoms with van der Waals surface area (Å²) in [6, 6.07) is -5.20. The van der Waals surface area contributed by atoms with Gasteiger partial charge in [0, 0.05) is 18.3 Å². The van der Waals surface area contributed by atoms with Gasteiger partial charge in [0.05, 0.1) is 19.0 Å². The molecule has 0 saturated heterocycles. The van der Waals surface area contributed by atoms with E-state index in [1.807, 2.05) is 0 Å². The highest BCUT2D eigenvalue weighted by Gasteiger charge is 2.32. The number of carbonyl (C=O) groups excluding carboxylic acids is 3. The van der Waals surface area contributed by atoms with Crippen LogP contribution in [0.25, 0.3) is 0 Å². The maximum absolute atomic E-state index is 12.7. The third kappa shape index (κ3) is 7.48. The van der Waals surface area contributed by atoms with Gasteiger partial charge in [-0.3, -0.25) is 19.2 Å². The molecular formula is C16H26N6O7. The highest BCUT2D eigenvalue weighted by molar-refractivity contribution is 5.94. The first-order valence-electron chi connectivity index (χ1n) is 8.72. The zero-order valence-electron chi connectivity index (χ0n) is 16.0. The van der Waals surface area contributed by atoms with Gasteiger partial charge in [-0.15, -0.1) is 0 Å². The van der Waals surface area contributed by atoms with E-state index in [4.69, 9.17) is 15.9 Å². The monoisotopic (exact) mass is 414 g/mol. The fourth-order valence-electron chi connectivity index (χ4n) is 2.21. The van der Waals surface area contributed by atoms with Gasteiger partial charge in [0.15, 0.2) is 0 Å². The van der Waals surface area contributed by atoms with Crippen LogP contribution in [0.4, 0.5) is 0 Å². The molecule has 1 rings (SSSR count). The molecule has 9 N–H and O–H groups in total. The quantitative estimate of drug-likeness (QED) is 0.178. The standard InChI is InChI=1S/C16H26N6O7/c1-7(16(28)29)20-15(27)12(8(2)24)22-14(26)11(3-9-4-18-6-19-9)21-13(25)10(17)5-23/h4,6-8,10-12,23-24H,3,5,17H2,1-2H3,(H,18,19)(H,20,27)(H,21,25)(H,22,26)(H,28,29). The number of aliphatic carboxylic acids is 1. The number of H-pyrrole nitrogens is 1. The van der Waals surface area contributed by atoms with Crippen LogP contribution in [-0.2, 0) is 25.6 Å². The Balaban J connectivity index is 2.94. The Hall–Kier alpha value is -3.03. The number of nitrogens with one attached hydrogen (secondary N) is 4. The van der Waals surface area contributed by atoms with E-state index >= 15 is 0 Å². The van der Waals surface area contributed by atoms with Crippen molar-refractivity contribution >= 4 is 23.7 Å². The zero-order valence-corrected chi connectivity index (χ0v) is 16.0. The first kappa shape index (κ1) is 24.0. The van der Waals surface area contributed by atoms with Crippen molar-refractivity contribution in [1.29, 1.82) is 0 Å². The predicted octanol–water partition coefficient (Wildman–Crippen LogP) is -3.79. The van der Waals surface area contributed by atoms with Crippen molar-refractivity contribution in [2.75, 3.05) is 6.61 Å². The maximum atomic E-state index is 12.7. The summed E-state index contributed by atoms with van der Waals surface area (Å²) in [5, 5.41) is 34.5. The van der Waals surface area contributed by atoms with E-state index < -0.39 is 60.6 Å². The summed E-state index contributed by atoms with van der Waals surface area (Å²) in [6.07, 6.45) is 1.38. The zero-order chi connectivity index (χ0) is 22.1. The minimum absolute atomic E-state index is 0.0462. The Morgan fingerprint density at radius 3 is 2.28 bits per heavy atom. The number of rotatable bonds is 11. The highest BCUT2D eigenvalue weighted by atomic mass is 16.4. The molecule has 0 fully saturated rings. The Kier molecular flexibility index (Phi) is 9.18. The van der Waals surface area contributed by atoms with Crippen molar-refractivity contribution < 1.29 is 34.5 Å². The van der Waals surface area contributed by atoms with Crippen molar-refractivity contribution in [3.63, 3.8) is 0 Å². The number of carbonyl (C=O) groups is 4. The van der Waals surface area contributed by atoms with Gasteiger partial charge >= 0.3 is 5.97 Å². The molecule has 0 aromatic carbocycles. The molecule has 1 aromatic heterocycles. The molecule has 1 aromatic rings. The van der Waals surface area contributed by atoms with Crippen LogP contribution in [0.5, 0.6) is 0 Å². The van der Waals surface area contributed by atoms with Crippen molar-refractivity contribution in [2.45, 2.75) is 50.5 Å². The summed E-state index contributed by atoms with van der Waals surface area (Å²) in [7, 11) is 0. The fraction of sp³-hybridized carbons (Fsp3) is 0.562. The van der Waals surface area contributed by atoms with Crippen molar-refractivity contribution in [1.82, 2.24) is 25.9 Å². The molecular weight excluding hydrogens is 388 g/mol. The van der Waals surface area contributed by atoms with Gasteiger partial charge < -0.3 is 42.0 Å². The van der Waals surface area contributed by atoms with Crippen LogP contribution in [0.2, 0.25) is 0 Å². The van der Waals surface area contributed by atoms with E-state index in [1.165, 1.54) is 26.4 Å².